The van der Waals surface area contributed by atoms with Gasteiger partial charge in [0.2, 0.25) is 0 Å². The van der Waals surface area contributed by atoms with Crippen molar-refractivity contribution in [3.63, 3.8) is 0 Å². The van der Waals surface area contributed by atoms with Crippen LogP contribution in [0.25, 0.3) is 76.8 Å². The normalized spacial score (nSPS) is 22.0. The fourth-order valence-electron chi connectivity index (χ4n) is 7.09. The lowest BCUT2D eigenvalue weighted by Gasteiger charge is -2.30. The van der Waals surface area contributed by atoms with Crippen LogP contribution in [0.5, 0.6) is 0 Å². The molecule has 0 fully saturated rings. The summed E-state index contributed by atoms with van der Waals surface area (Å²) in [6, 6.07) is -28.9. The van der Waals surface area contributed by atoms with Gasteiger partial charge in [0, 0.05) is 0 Å². The molecule has 49 heavy (non-hydrogen) atoms. The summed E-state index contributed by atoms with van der Waals surface area (Å²) in [5.41, 5.74) is -11.8. The number of rotatable bonds is 2. The Bertz CT molecular complexity index is 4430. The Kier molecular flexibility index (Phi) is 2.20. The molecule has 0 bridgehead atoms. The van der Waals surface area contributed by atoms with E-state index < -0.39 is 286 Å². The Labute approximate surface area is 327 Å². The molecule has 0 radical (unpaired) electrons. The minimum atomic E-state index is -2.85. The predicted octanol–water partition coefficient (Wildman–Crippen LogP) is 12.8. The van der Waals surface area contributed by atoms with E-state index in [-0.39, 0.29) is 0 Å². The van der Waals surface area contributed by atoms with Gasteiger partial charge >= 0.3 is 0 Å². The lowest BCUT2D eigenvalue weighted by atomic mass is 9.70. The van der Waals surface area contributed by atoms with Crippen molar-refractivity contribution >= 4 is 32.3 Å². The second-order valence-electron chi connectivity index (χ2n) is 11.2. The van der Waals surface area contributed by atoms with Crippen LogP contribution in [-0.4, -0.2) is 0 Å². The van der Waals surface area contributed by atoms with Gasteiger partial charge in [-0.05, 0) is 111 Å². The maximum absolute atomic E-state index is 10.0. The summed E-state index contributed by atoms with van der Waals surface area (Å²) in [7, 11) is 0. The Hall–Kier alpha value is -6.24. The first-order valence-corrected chi connectivity index (χ1v) is 14.8. The smallest absolute Gasteiger partial charge is 0.0619 e. The first-order chi connectivity index (χ1) is 36.8. The van der Waals surface area contributed by atoms with Gasteiger partial charge in [-0.15, -0.1) is 0 Å². The minimum absolute atomic E-state index is 0.493. The first kappa shape index (κ1) is 10.9. The number of hydrogen-bond donors (Lipinski definition) is 0. The molecule has 0 unspecified atom stereocenters. The molecule has 0 nitrogen and oxygen atoms in total. The minimum Gasteiger partial charge on any atom is -0.0619 e. The van der Waals surface area contributed by atoms with Gasteiger partial charge in [0.15, 0.2) is 0 Å². The van der Waals surface area contributed by atoms with Crippen molar-refractivity contribution in [2.75, 3.05) is 0 Å². The molecule has 0 aliphatic heterocycles. The Balaban J connectivity index is 1.39. The van der Waals surface area contributed by atoms with Crippen LogP contribution >= 0.6 is 0 Å². The molecule has 0 amide bonds. The van der Waals surface area contributed by atoms with E-state index in [2.05, 4.69) is 0 Å². The fraction of sp³-hybridized carbons (Fsp3) is 0.0204. The summed E-state index contributed by atoms with van der Waals surface area (Å²) in [6.07, 6.45) is 0. The lowest BCUT2D eigenvalue weighted by Crippen LogP contribution is -2.25. The van der Waals surface area contributed by atoms with Crippen LogP contribution in [0, 0.1) is 0 Å². The second-order valence-corrected chi connectivity index (χ2v) is 11.2. The summed E-state index contributed by atoms with van der Waals surface area (Å²) < 4.78 is 275. The third kappa shape index (κ3) is 3.48. The molecule has 2 aliphatic carbocycles. The van der Waals surface area contributed by atoms with Crippen molar-refractivity contribution in [3.8, 4) is 44.5 Å². The third-order valence-corrected chi connectivity index (χ3v) is 9.00. The average molecular weight is 649 g/mol. The molecular formula is C49H30. The largest absolute Gasteiger partial charge is 0.0725 e. The zero-order chi connectivity index (χ0) is 58.2. The third-order valence-electron chi connectivity index (χ3n) is 9.00. The topological polar surface area (TPSA) is 0 Å². The van der Waals surface area contributed by atoms with Crippen molar-refractivity contribution in [1.82, 2.24) is 0 Å². The number of benzene rings is 9. The van der Waals surface area contributed by atoms with E-state index in [1.165, 1.54) is 0 Å². The molecule has 9 aromatic carbocycles. The zero-order valence-electron chi connectivity index (χ0n) is 54.5. The Morgan fingerprint density at radius 1 is 0.286 bits per heavy atom. The van der Waals surface area contributed by atoms with Crippen LogP contribution in [-0.2, 0) is 5.41 Å². The first-order valence-electron chi connectivity index (χ1n) is 29.8. The van der Waals surface area contributed by atoms with Crippen LogP contribution in [0.1, 0.15) is 63.4 Å². The summed E-state index contributed by atoms with van der Waals surface area (Å²) >= 11 is 0. The SMILES string of the molecule is [2H]c1c([2H])c(-c2c([2H])c([2H])c([2H])c3c2-c2c([2H])c([2H])c([2H])c([2H])c2C32c3c([2H])c([2H])c([2H])c([2H])c3-c3c([2H])c([2H])c([2H])c([2H])c32)c([2H])c(-c2c([2H])c([2H])c3c4c([2H])c([2H])c([2H])c([2H])c4c4c([2H])c([2H])c([2H])c([2H])c4c3c2[2H])c1[2H]. The van der Waals surface area contributed by atoms with E-state index in [0.29, 0.717) is 0 Å². The highest BCUT2D eigenvalue weighted by Crippen LogP contribution is 2.63. The van der Waals surface area contributed by atoms with Gasteiger partial charge in [-0.1, -0.05) is 169 Å². The molecule has 2 aliphatic rings. The standard InChI is InChI=1S/C49H30/c1-2-17-37-35(15-1)36-16-3-4-18-38(36)43-30-32(27-28-39(37)43)31-13-11-14-33(29-31)34-22-12-26-47-48(34)42-21-7-10-25-46(42)49(47)44-23-8-5-19-40(44)41-20-6-9-24-45(41)49/h1-30H/i1D,2D,3D,4D,5D,6D,7D,8D,9D,10D,11D,12D,13D,14D,15D,16D,17D,18D,19D,20D,21D,22D,23D,24D,25D,26D,27D,28D,29D,30D. The summed E-state index contributed by atoms with van der Waals surface area (Å²) in [5.74, 6) is 0. The van der Waals surface area contributed by atoms with Crippen molar-refractivity contribution in [1.29, 1.82) is 0 Å². The monoisotopic (exact) mass is 648 g/mol. The highest BCUT2D eigenvalue weighted by molar-refractivity contribution is 6.25. The van der Waals surface area contributed by atoms with Gasteiger partial charge in [-0.3, -0.25) is 0 Å². The van der Waals surface area contributed by atoms with Gasteiger partial charge in [0.1, 0.15) is 0 Å². The Morgan fingerprint density at radius 3 is 1.37 bits per heavy atom. The van der Waals surface area contributed by atoms with E-state index in [9.17, 15) is 21.9 Å². The molecular weight excluding hydrogens is 589 g/mol. The van der Waals surface area contributed by atoms with Crippen molar-refractivity contribution in [3.05, 3.63) is 204 Å². The molecule has 0 heteroatoms. The van der Waals surface area contributed by atoms with Gasteiger partial charge in [0.05, 0.1) is 46.5 Å². The van der Waals surface area contributed by atoms with E-state index >= 15 is 0 Å². The molecule has 0 N–H and O–H groups in total. The van der Waals surface area contributed by atoms with E-state index in [1.54, 1.807) is 0 Å². The van der Waals surface area contributed by atoms with E-state index in [0.717, 1.165) is 0 Å². The van der Waals surface area contributed by atoms with Gasteiger partial charge in [-0.25, -0.2) is 0 Å². The van der Waals surface area contributed by atoms with Crippen LogP contribution in [0.15, 0.2) is 181 Å². The summed E-state index contributed by atoms with van der Waals surface area (Å²) in [6.45, 7) is 0. The van der Waals surface area contributed by atoms with Crippen LogP contribution in [0.2, 0.25) is 0 Å². The second kappa shape index (κ2) is 9.89. The van der Waals surface area contributed by atoms with Gasteiger partial charge in [-0.2, -0.15) is 0 Å². The maximum Gasteiger partial charge on any atom is 0.0725 e. The van der Waals surface area contributed by atoms with E-state index in [1.807, 2.05) is 0 Å². The maximum atomic E-state index is 10.0. The van der Waals surface area contributed by atoms with Crippen LogP contribution in [0.4, 0.5) is 0 Å². The predicted molar refractivity (Wildman–Crippen MR) is 206 cm³/mol. The molecule has 1 spiro atoms. The molecule has 0 aromatic heterocycles. The molecule has 0 saturated heterocycles. The number of fused-ring (bicyclic) bond motifs is 16. The van der Waals surface area contributed by atoms with Gasteiger partial charge < -0.3 is 0 Å². The van der Waals surface area contributed by atoms with Crippen LogP contribution in [0.3, 0.4) is 0 Å². The molecule has 226 valence electrons. The van der Waals surface area contributed by atoms with Gasteiger partial charge in [0.25, 0.3) is 0 Å². The van der Waals surface area contributed by atoms with Crippen LogP contribution < -0.4 is 0 Å². The van der Waals surface area contributed by atoms with E-state index in [4.69, 9.17) is 19.2 Å². The molecule has 0 heterocycles. The highest BCUT2D eigenvalue weighted by Gasteiger charge is 2.51. The average Bonchev–Trinajstić information content (AvgIpc) is 1.82. The van der Waals surface area contributed by atoms with Crippen molar-refractivity contribution in [2.45, 2.75) is 5.41 Å². The molecule has 11 rings (SSSR count). The summed E-state index contributed by atoms with van der Waals surface area (Å²) in [5, 5.41) is -3.36. The molecule has 0 saturated carbocycles. The zero-order valence-corrected chi connectivity index (χ0v) is 24.5. The highest BCUT2D eigenvalue weighted by atomic mass is 14.5. The molecule has 9 aromatic rings. The molecule has 0 atom stereocenters. The lowest BCUT2D eigenvalue weighted by molar-refractivity contribution is 0.794. The fourth-order valence-corrected chi connectivity index (χ4v) is 7.09. The summed E-state index contributed by atoms with van der Waals surface area (Å²) in [4.78, 5) is 0. The Morgan fingerprint density at radius 2 is 0.714 bits per heavy atom. The van der Waals surface area contributed by atoms with Crippen molar-refractivity contribution < 1.29 is 41.1 Å². The quantitative estimate of drug-likeness (QED) is 0.164. The number of hydrogen-bond acceptors (Lipinski definition) is 0. The van der Waals surface area contributed by atoms with Crippen molar-refractivity contribution in [2.24, 2.45) is 0 Å².